The number of aliphatic carboxylic acids is 1. The molecule has 0 aliphatic carbocycles. The molecule has 94 valence electrons. The van der Waals surface area contributed by atoms with Crippen molar-refractivity contribution < 1.29 is 19.2 Å². The summed E-state index contributed by atoms with van der Waals surface area (Å²) in [6.45, 7) is 3.28. The third kappa shape index (κ3) is 3.30. The highest BCUT2D eigenvalue weighted by atomic mass is 16.5. The second kappa shape index (κ2) is 5.47. The molecule has 0 aliphatic rings. The number of hydrogen-bond acceptors (Lipinski definition) is 4. The highest BCUT2D eigenvalue weighted by Gasteiger charge is 2.21. The first-order chi connectivity index (χ1) is 7.93. The standard InChI is InChI=1S/C11H16N2O4/c1-7-9(6-17-12-7)4-5-10(14)13(3)8(2)11(15)16/h6,8H,4-5H2,1-3H3,(H,15,16). The molecule has 1 aromatic heterocycles. The van der Waals surface area contributed by atoms with Gasteiger partial charge in [-0.05, 0) is 20.3 Å². The Hall–Kier alpha value is -1.85. The Labute approximate surface area is 99.2 Å². The zero-order chi connectivity index (χ0) is 13.0. The minimum Gasteiger partial charge on any atom is -0.480 e. The van der Waals surface area contributed by atoms with E-state index in [0.29, 0.717) is 6.42 Å². The summed E-state index contributed by atoms with van der Waals surface area (Å²) in [6.07, 6.45) is 2.25. The number of hydrogen-bond donors (Lipinski definition) is 1. The summed E-state index contributed by atoms with van der Waals surface area (Å²) in [7, 11) is 1.49. The molecule has 1 unspecified atom stereocenters. The molecular weight excluding hydrogens is 224 g/mol. The SMILES string of the molecule is Cc1nocc1CCC(=O)N(C)C(C)C(=O)O. The maximum Gasteiger partial charge on any atom is 0.326 e. The van der Waals surface area contributed by atoms with Gasteiger partial charge in [-0.3, -0.25) is 4.79 Å². The van der Waals surface area contributed by atoms with E-state index in [4.69, 9.17) is 9.63 Å². The molecule has 6 heteroatoms. The van der Waals surface area contributed by atoms with Gasteiger partial charge in [0.05, 0.1) is 5.69 Å². The summed E-state index contributed by atoms with van der Waals surface area (Å²) in [4.78, 5) is 23.6. The summed E-state index contributed by atoms with van der Waals surface area (Å²) in [5.41, 5.74) is 1.63. The third-order valence-corrected chi connectivity index (χ3v) is 2.79. The maximum atomic E-state index is 11.7. The lowest BCUT2D eigenvalue weighted by molar-refractivity contribution is -0.148. The predicted octanol–water partition coefficient (Wildman–Crippen LogP) is 0.847. The lowest BCUT2D eigenvalue weighted by atomic mass is 10.1. The highest BCUT2D eigenvalue weighted by Crippen LogP contribution is 2.09. The van der Waals surface area contributed by atoms with Gasteiger partial charge in [0.2, 0.25) is 5.91 Å². The first kappa shape index (κ1) is 13.2. The topological polar surface area (TPSA) is 83.6 Å². The molecule has 0 aliphatic heterocycles. The van der Waals surface area contributed by atoms with Crippen molar-refractivity contribution in [1.29, 1.82) is 0 Å². The van der Waals surface area contributed by atoms with E-state index in [2.05, 4.69) is 5.16 Å². The molecule has 1 amide bonds. The Morgan fingerprint density at radius 2 is 2.24 bits per heavy atom. The van der Waals surface area contributed by atoms with E-state index >= 15 is 0 Å². The van der Waals surface area contributed by atoms with Gasteiger partial charge in [-0.15, -0.1) is 0 Å². The number of amides is 1. The summed E-state index contributed by atoms with van der Waals surface area (Å²) in [6, 6.07) is -0.814. The molecule has 0 bridgehead atoms. The lowest BCUT2D eigenvalue weighted by Gasteiger charge is -2.21. The van der Waals surface area contributed by atoms with E-state index in [9.17, 15) is 9.59 Å². The molecule has 6 nitrogen and oxygen atoms in total. The molecule has 0 fully saturated rings. The van der Waals surface area contributed by atoms with Crippen LogP contribution in [0.5, 0.6) is 0 Å². The minimum absolute atomic E-state index is 0.208. The van der Waals surface area contributed by atoms with Gasteiger partial charge in [-0.1, -0.05) is 5.16 Å². The van der Waals surface area contributed by atoms with Crippen LogP contribution in [0.1, 0.15) is 24.6 Å². The first-order valence-electron chi connectivity index (χ1n) is 5.31. The minimum atomic E-state index is -1.01. The van der Waals surface area contributed by atoms with E-state index in [1.807, 2.05) is 0 Å². The van der Waals surface area contributed by atoms with Crippen molar-refractivity contribution in [2.45, 2.75) is 32.7 Å². The zero-order valence-electron chi connectivity index (χ0n) is 10.1. The van der Waals surface area contributed by atoms with Crippen LogP contribution in [0.25, 0.3) is 0 Å². The van der Waals surface area contributed by atoms with Crippen molar-refractivity contribution in [3.05, 3.63) is 17.5 Å². The smallest absolute Gasteiger partial charge is 0.326 e. The fourth-order valence-electron chi connectivity index (χ4n) is 1.35. The van der Waals surface area contributed by atoms with Crippen LogP contribution in [0.4, 0.5) is 0 Å². The lowest BCUT2D eigenvalue weighted by Crippen LogP contribution is -2.40. The zero-order valence-corrected chi connectivity index (χ0v) is 10.1. The van der Waals surface area contributed by atoms with Crippen molar-refractivity contribution in [2.24, 2.45) is 0 Å². The summed E-state index contributed by atoms with van der Waals surface area (Å²) >= 11 is 0. The number of carboxylic acid groups (broad SMARTS) is 1. The van der Waals surface area contributed by atoms with Gasteiger partial charge in [0, 0.05) is 19.0 Å². The predicted molar refractivity (Wildman–Crippen MR) is 59.4 cm³/mol. The van der Waals surface area contributed by atoms with E-state index in [1.54, 1.807) is 6.92 Å². The number of aromatic nitrogens is 1. The van der Waals surface area contributed by atoms with Crippen LogP contribution in [-0.2, 0) is 16.0 Å². The maximum absolute atomic E-state index is 11.7. The molecule has 0 saturated carbocycles. The summed E-state index contributed by atoms with van der Waals surface area (Å²) in [5.74, 6) is -1.22. The molecular formula is C11H16N2O4. The summed E-state index contributed by atoms with van der Waals surface area (Å²) < 4.78 is 4.75. The average Bonchev–Trinajstić information content (AvgIpc) is 2.69. The second-order valence-electron chi connectivity index (χ2n) is 3.94. The van der Waals surface area contributed by atoms with Gasteiger partial charge in [0.25, 0.3) is 0 Å². The van der Waals surface area contributed by atoms with Crippen LogP contribution in [0.2, 0.25) is 0 Å². The van der Waals surface area contributed by atoms with Crippen LogP contribution in [0.3, 0.4) is 0 Å². The van der Waals surface area contributed by atoms with Gasteiger partial charge in [0.15, 0.2) is 0 Å². The summed E-state index contributed by atoms with van der Waals surface area (Å²) in [5, 5.41) is 12.5. The van der Waals surface area contributed by atoms with E-state index < -0.39 is 12.0 Å². The van der Waals surface area contributed by atoms with E-state index in [1.165, 1.54) is 25.1 Å². The van der Waals surface area contributed by atoms with Crippen LogP contribution in [0, 0.1) is 6.92 Å². The van der Waals surface area contributed by atoms with Crippen molar-refractivity contribution in [1.82, 2.24) is 10.1 Å². The Balaban J connectivity index is 2.50. The number of aryl methyl sites for hydroxylation is 2. The highest BCUT2D eigenvalue weighted by molar-refractivity contribution is 5.83. The van der Waals surface area contributed by atoms with Crippen molar-refractivity contribution in [3.63, 3.8) is 0 Å². The molecule has 1 aromatic rings. The number of rotatable bonds is 5. The van der Waals surface area contributed by atoms with Crippen LogP contribution >= 0.6 is 0 Å². The molecule has 1 atom stereocenters. The number of carbonyl (C=O) groups excluding carboxylic acids is 1. The Bertz CT molecular complexity index is 413. The fraction of sp³-hybridized carbons (Fsp3) is 0.545. The Morgan fingerprint density at radius 1 is 1.59 bits per heavy atom. The van der Waals surface area contributed by atoms with Crippen LogP contribution in [0.15, 0.2) is 10.8 Å². The normalized spacial score (nSPS) is 12.2. The molecule has 1 rings (SSSR count). The fourth-order valence-corrected chi connectivity index (χ4v) is 1.35. The molecule has 17 heavy (non-hydrogen) atoms. The molecule has 0 radical (unpaired) electrons. The van der Waals surface area contributed by atoms with Gasteiger partial charge in [-0.25, -0.2) is 4.79 Å². The molecule has 0 spiro atoms. The van der Waals surface area contributed by atoms with Gasteiger partial charge < -0.3 is 14.5 Å². The average molecular weight is 240 g/mol. The van der Waals surface area contributed by atoms with Gasteiger partial charge >= 0.3 is 5.97 Å². The van der Waals surface area contributed by atoms with Crippen LogP contribution in [-0.4, -0.2) is 40.1 Å². The number of carboxylic acids is 1. The largest absolute Gasteiger partial charge is 0.480 e. The first-order valence-corrected chi connectivity index (χ1v) is 5.31. The van der Waals surface area contributed by atoms with Crippen molar-refractivity contribution >= 4 is 11.9 Å². The van der Waals surface area contributed by atoms with Gasteiger partial charge in [-0.2, -0.15) is 0 Å². The third-order valence-electron chi connectivity index (χ3n) is 2.79. The Kier molecular flexibility index (Phi) is 4.25. The monoisotopic (exact) mass is 240 g/mol. The molecule has 1 N–H and O–H groups in total. The quantitative estimate of drug-likeness (QED) is 0.824. The Morgan fingerprint density at radius 3 is 2.71 bits per heavy atom. The number of nitrogens with zero attached hydrogens (tertiary/aromatic N) is 2. The second-order valence-corrected chi connectivity index (χ2v) is 3.94. The number of carbonyl (C=O) groups is 2. The van der Waals surface area contributed by atoms with Crippen molar-refractivity contribution in [3.8, 4) is 0 Å². The molecule has 0 aromatic carbocycles. The molecule has 0 saturated heterocycles. The molecule has 1 heterocycles. The van der Waals surface area contributed by atoms with E-state index in [0.717, 1.165) is 11.3 Å². The van der Waals surface area contributed by atoms with Crippen LogP contribution < -0.4 is 0 Å². The van der Waals surface area contributed by atoms with Gasteiger partial charge in [0.1, 0.15) is 12.3 Å². The number of likely N-dealkylation sites (N-methyl/N-ethyl adjacent to an activating group) is 1. The van der Waals surface area contributed by atoms with E-state index in [-0.39, 0.29) is 12.3 Å². The van der Waals surface area contributed by atoms with Crippen molar-refractivity contribution in [2.75, 3.05) is 7.05 Å².